The van der Waals surface area contributed by atoms with Crippen LogP contribution in [0.1, 0.15) is 25.7 Å². The standard InChI is InChI=1S/C13H20N2O4S/c16-11(7-20-8-12(17)18)15-5-3-10(4-6-15)14-13(19)9-1-2-9/h9-10H,1-8H2,(H,14,19)(H,17,18). The minimum Gasteiger partial charge on any atom is -0.481 e. The van der Waals surface area contributed by atoms with E-state index >= 15 is 0 Å². The molecule has 0 aromatic heterocycles. The van der Waals surface area contributed by atoms with Gasteiger partial charge in [-0.2, -0.15) is 0 Å². The topological polar surface area (TPSA) is 86.7 Å². The fraction of sp³-hybridized carbons (Fsp3) is 0.769. The molecule has 1 aliphatic carbocycles. The van der Waals surface area contributed by atoms with E-state index in [9.17, 15) is 14.4 Å². The number of nitrogens with zero attached hydrogens (tertiary/aromatic N) is 1. The Balaban J connectivity index is 1.63. The summed E-state index contributed by atoms with van der Waals surface area (Å²) in [5, 5.41) is 11.6. The molecule has 7 heteroatoms. The summed E-state index contributed by atoms with van der Waals surface area (Å²) in [4.78, 5) is 35.6. The summed E-state index contributed by atoms with van der Waals surface area (Å²) in [6, 6.07) is 0.179. The molecule has 1 saturated heterocycles. The molecule has 2 amide bonds. The molecule has 1 aliphatic heterocycles. The number of nitrogens with one attached hydrogen (secondary N) is 1. The average Bonchev–Trinajstić information content (AvgIpc) is 3.23. The lowest BCUT2D eigenvalue weighted by Gasteiger charge is -2.32. The number of aliphatic carboxylic acids is 1. The largest absolute Gasteiger partial charge is 0.481 e. The van der Waals surface area contributed by atoms with Crippen LogP contribution in [0.25, 0.3) is 0 Å². The summed E-state index contributed by atoms with van der Waals surface area (Å²) >= 11 is 1.13. The number of thioether (sulfide) groups is 1. The highest BCUT2D eigenvalue weighted by Crippen LogP contribution is 2.29. The van der Waals surface area contributed by atoms with Gasteiger partial charge in [-0.25, -0.2) is 0 Å². The summed E-state index contributed by atoms with van der Waals surface area (Å²) in [5.41, 5.74) is 0. The lowest BCUT2D eigenvalue weighted by atomic mass is 10.0. The highest BCUT2D eigenvalue weighted by Gasteiger charge is 2.32. The number of hydrogen-bond acceptors (Lipinski definition) is 4. The van der Waals surface area contributed by atoms with E-state index in [0.717, 1.165) is 37.4 Å². The molecule has 1 heterocycles. The van der Waals surface area contributed by atoms with Gasteiger partial charge < -0.3 is 15.3 Å². The number of piperidine rings is 1. The van der Waals surface area contributed by atoms with Crippen molar-refractivity contribution in [2.45, 2.75) is 31.7 Å². The van der Waals surface area contributed by atoms with Crippen molar-refractivity contribution >= 4 is 29.5 Å². The second-order valence-corrected chi connectivity index (χ2v) is 6.31. The highest BCUT2D eigenvalue weighted by molar-refractivity contribution is 8.00. The van der Waals surface area contributed by atoms with Crippen LogP contribution in [-0.4, -0.2) is 58.4 Å². The average molecular weight is 300 g/mol. The van der Waals surface area contributed by atoms with E-state index in [4.69, 9.17) is 5.11 Å². The van der Waals surface area contributed by atoms with Crippen LogP contribution in [0.15, 0.2) is 0 Å². The summed E-state index contributed by atoms with van der Waals surface area (Å²) in [6.45, 7) is 1.28. The fourth-order valence-corrected chi connectivity index (χ4v) is 2.89. The van der Waals surface area contributed by atoms with Crippen molar-refractivity contribution in [3.63, 3.8) is 0 Å². The van der Waals surface area contributed by atoms with Gasteiger partial charge in [0, 0.05) is 25.0 Å². The van der Waals surface area contributed by atoms with Crippen molar-refractivity contribution in [3.8, 4) is 0 Å². The van der Waals surface area contributed by atoms with Gasteiger partial charge in [-0.05, 0) is 25.7 Å². The number of likely N-dealkylation sites (tertiary alicyclic amines) is 1. The Hall–Kier alpha value is -1.24. The Kier molecular flexibility index (Phi) is 5.28. The van der Waals surface area contributed by atoms with Gasteiger partial charge in [0.2, 0.25) is 11.8 Å². The van der Waals surface area contributed by atoms with Crippen molar-refractivity contribution in [3.05, 3.63) is 0 Å². The number of amides is 2. The molecule has 112 valence electrons. The van der Waals surface area contributed by atoms with Crippen LogP contribution in [-0.2, 0) is 14.4 Å². The van der Waals surface area contributed by atoms with Crippen molar-refractivity contribution in [1.29, 1.82) is 0 Å². The van der Waals surface area contributed by atoms with Crippen LogP contribution >= 0.6 is 11.8 Å². The molecule has 2 aliphatic rings. The first-order valence-corrected chi connectivity index (χ1v) is 8.09. The van der Waals surface area contributed by atoms with Crippen LogP contribution in [0, 0.1) is 5.92 Å². The predicted molar refractivity (Wildman–Crippen MR) is 75.4 cm³/mol. The monoisotopic (exact) mass is 300 g/mol. The fourth-order valence-electron chi connectivity index (χ4n) is 2.25. The first-order chi connectivity index (χ1) is 9.56. The second kappa shape index (κ2) is 6.97. The molecule has 0 aromatic carbocycles. The Morgan fingerprint density at radius 3 is 2.30 bits per heavy atom. The maximum absolute atomic E-state index is 11.9. The van der Waals surface area contributed by atoms with Crippen LogP contribution in [0.2, 0.25) is 0 Å². The summed E-state index contributed by atoms with van der Waals surface area (Å²) in [7, 11) is 0. The van der Waals surface area contributed by atoms with Gasteiger partial charge in [0.05, 0.1) is 11.5 Å². The van der Waals surface area contributed by atoms with Crippen molar-refractivity contribution in [1.82, 2.24) is 10.2 Å². The number of carbonyl (C=O) groups excluding carboxylic acids is 2. The molecule has 1 saturated carbocycles. The lowest BCUT2D eigenvalue weighted by molar-refractivity contribution is -0.134. The third-order valence-corrected chi connectivity index (χ3v) is 4.50. The highest BCUT2D eigenvalue weighted by atomic mass is 32.2. The second-order valence-electron chi connectivity index (χ2n) is 5.32. The molecule has 0 bridgehead atoms. The van der Waals surface area contributed by atoms with E-state index in [1.54, 1.807) is 4.90 Å². The Morgan fingerprint density at radius 1 is 1.10 bits per heavy atom. The van der Waals surface area contributed by atoms with E-state index in [0.29, 0.717) is 13.1 Å². The quantitative estimate of drug-likeness (QED) is 0.738. The molecule has 6 nitrogen and oxygen atoms in total. The smallest absolute Gasteiger partial charge is 0.313 e. The Bertz CT molecular complexity index is 390. The van der Waals surface area contributed by atoms with Crippen LogP contribution in [0.5, 0.6) is 0 Å². The molecule has 0 spiro atoms. The summed E-state index contributed by atoms with van der Waals surface area (Å²) in [6.07, 6.45) is 3.58. The third kappa shape index (κ3) is 4.70. The van der Waals surface area contributed by atoms with Gasteiger partial charge >= 0.3 is 5.97 Å². The van der Waals surface area contributed by atoms with Gasteiger partial charge in [-0.1, -0.05) is 0 Å². The van der Waals surface area contributed by atoms with E-state index in [1.165, 1.54) is 0 Å². The van der Waals surface area contributed by atoms with Gasteiger partial charge in [-0.15, -0.1) is 11.8 Å². The molecular weight excluding hydrogens is 280 g/mol. The molecule has 2 fully saturated rings. The molecule has 0 aromatic rings. The minimum absolute atomic E-state index is 0.0109. The van der Waals surface area contributed by atoms with Crippen LogP contribution in [0.3, 0.4) is 0 Å². The molecular formula is C13H20N2O4S. The molecule has 2 rings (SSSR count). The molecule has 0 unspecified atom stereocenters. The zero-order valence-corrected chi connectivity index (χ0v) is 12.2. The van der Waals surface area contributed by atoms with Crippen molar-refractivity contribution in [2.24, 2.45) is 5.92 Å². The van der Waals surface area contributed by atoms with Gasteiger partial charge in [0.25, 0.3) is 0 Å². The molecule has 0 radical (unpaired) electrons. The van der Waals surface area contributed by atoms with E-state index < -0.39 is 5.97 Å². The zero-order chi connectivity index (χ0) is 14.5. The normalized spacial score (nSPS) is 19.7. The van der Waals surface area contributed by atoms with E-state index in [-0.39, 0.29) is 35.3 Å². The van der Waals surface area contributed by atoms with Crippen LogP contribution in [0.4, 0.5) is 0 Å². The first-order valence-electron chi connectivity index (χ1n) is 6.94. The number of hydrogen-bond donors (Lipinski definition) is 2. The van der Waals surface area contributed by atoms with Crippen molar-refractivity contribution in [2.75, 3.05) is 24.6 Å². The zero-order valence-electron chi connectivity index (χ0n) is 11.3. The predicted octanol–water partition coefficient (Wildman–Crippen LogP) is 0.321. The maximum Gasteiger partial charge on any atom is 0.313 e. The van der Waals surface area contributed by atoms with Crippen LogP contribution < -0.4 is 5.32 Å². The van der Waals surface area contributed by atoms with Crippen molar-refractivity contribution < 1.29 is 19.5 Å². The number of carboxylic acids is 1. The Morgan fingerprint density at radius 2 is 1.75 bits per heavy atom. The lowest BCUT2D eigenvalue weighted by Crippen LogP contribution is -2.47. The summed E-state index contributed by atoms with van der Waals surface area (Å²) in [5.74, 6) is -0.355. The third-order valence-electron chi connectivity index (χ3n) is 3.59. The number of carbonyl (C=O) groups is 3. The number of rotatable bonds is 6. The van der Waals surface area contributed by atoms with E-state index in [1.807, 2.05) is 0 Å². The molecule has 2 N–H and O–H groups in total. The minimum atomic E-state index is -0.899. The molecule has 0 atom stereocenters. The van der Waals surface area contributed by atoms with Gasteiger partial charge in [0.1, 0.15) is 0 Å². The van der Waals surface area contributed by atoms with Gasteiger partial charge in [-0.3, -0.25) is 14.4 Å². The van der Waals surface area contributed by atoms with E-state index in [2.05, 4.69) is 5.32 Å². The molecule has 20 heavy (non-hydrogen) atoms. The first kappa shape index (κ1) is 15.2. The van der Waals surface area contributed by atoms with Gasteiger partial charge in [0.15, 0.2) is 0 Å². The Labute approximate surface area is 122 Å². The summed E-state index contributed by atoms with van der Waals surface area (Å²) < 4.78 is 0. The number of carboxylic acid groups (broad SMARTS) is 1. The maximum atomic E-state index is 11.9. The SMILES string of the molecule is O=C(O)CSCC(=O)N1CCC(NC(=O)C2CC2)CC1.